The summed E-state index contributed by atoms with van der Waals surface area (Å²) in [5.41, 5.74) is 2.44. The number of carbonyl (C=O) groups is 1. The standard InChI is InChI=1S/C18H20BrClN2O/c1-3-22(4-2)12-13-5-8-15(9-6-13)21-18(23)16-11-14(19)7-10-17(16)20/h5-11H,3-4,12H2,1-2H3,(H,21,23). The third kappa shape index (κ3) is 5.06. The Morgan fingerprint density at radius 1 is 1.13 bits per heavy atom. The molecule has 2 rings (SSSR count). The molecule has 0 aliphatic rings. The Hall–Kier alpha value is -1.36. The maximum absolute atomic E-state index is 12.3. The van der Waals surface area contributed by atoms with E-state index in [0.717, 1.165) is 29.8 Å². The summed E-state index contributed by atoms with van der Waals surface area (Å²) in [6.45, 7) is 7.27. The van der Waals surface area contributed by atoms with Crippen LogP contribution >= 0.6 is 27.5 Å². The lowest BCUT2D eigenvalue weighted by Crippen LogP contribution is -2.22. The van der Waals surface area contributed by atoms with Crippen molar-refractivity contribution >= 4 is 39.1 Å². The molecule has 3 nitrogen and oxygen atoms in total. The van der Waals surface area contributed by atoms with Crippen LogP contribution in [-0.2, 0) is 6.54 Å². The SMILES string of the molecule is CCN(CC)Cc1ccc(NC(=O)c2cc(Br)ccc2Cl)cc1. The molecule has 1 amide bonds. The fraction of sp³-hybridized carbons (Fsp3) is 0.278. The van der Waals surface area contributed by atoms with Gasteiger partial charge in [-0.25, -0.2) is 0 Å². The molecule has 0 unspecified atom stereocenters. The maximum Gasteiger partial charge on any atom is 0.257 e. The zero-order valence-electron chi connectivity index (χ0n) is 13.3. The van der Waals surface area contributed by atoms with Crippen LogP contribution in [0, 0.1) is 0 Å². The third-order valence-corrected chi connectivity index (χ3v) is 4.51. The Kier molecular flexibility index (Phi) is 6.63. The molecule has 5 heteroatoms. The highest BCUT2D eigenvalue weighted by atomic mass is 79.9. The van der Waals surface area contributed by atoms with E-state index in [4.69, 9.17) is 11.6 Å². The van der Waals surface area contributed by atoms with Crippen LogP contribution in [0.15, 0.2) is 46.9 Å². The lowest BCUT2D eigenvalue weighted by Gasteiger charge is -2.18. The Bertz CT molecular complexity index is 669. The van der Waals surface area contributed by atoms with Gasteiger partial charge in [0, 0.05) is 16.7 Å². The average molecular weight is 396 g/mol. The van der Waals surface area contributed by atoms with Crippen LogP contribution in [0.2, 0.25) is 5.02 Å². The van der Waals surface area contributed by atoms with Gasteiger partial charge in [-0.15, -0.1) is 0 Å². The lowest BCUT2D eigenvalue weighted by atomic mass is 10.1. The van der Waals surface area contributed by atoms with Gasteiger partial charge in [-0.3, -0.25) is 9.69 Å². The van der Waals surface area contributed by atoms with Gasteiger partial charge in [0.15, 0.2) is 0 Å². The quantitative estimate of drug-likeness (QED) is 0.729. The summed E-state index contributed by atoms with van der Waals surface area (Å²) in [5.74, 6) is -0.215. The number of benzene rings is 2. The molecule has 0 atom stereocenters. The van der Waals surface area contributed by atoms with Crippen LogP contribution in [0.25, 0.3) is 0 Å². The molecular weight excluding hydrogens is 376 g/mol. The maximum atomic E-state index is 12.3. The van der Waals surface area contributed by atoms with Gasteiger partial charge in [0.05, 0.1) is 10.6 Å². The van der Waals surface area contributed by atoms with Gasteiger partial charge in [0.2, 0.25) is 0 Å². The molecule has 1 N–H and O–H groups in total. The van der Waals surface area contributed by atoms with Gasteiger partial charge in [-0.1, -0.05) is 53.5 Å². The zero-order valence-corrected chi connectivity index (χ0v) is 15.6. The van der Waals surface area contributed by atoms with E-state index in [2.05, 4.69) is 40.0 Å². The van der Waals surface area contributed by atoms with Gasteiger partial charge in [0.1, 0.15) is 0 Å². The van der Waals surface area contributed by atoms with Crippen molar-refractivity contribution in [2.45, 2.75) is 20.4 Å². The number of hydrogen-bond acceptors (Lipinski definition) is 2. The number of hydrogen-bond donors (Lipinski definition) is 1. The topological polar surface area (TPSA) is 32.3 Å². The molecule has 0 spiro atoms. The highest BCUT2D eigenvalue weighted by molar-refractivity contribution is 9.10. The zero-order chi connectivity index (χ0) is 16.8. The second-order valence-corrected chi connectivity index (χ2v) is 6.56. The molecule has 0 aromatic heterocycles. The molecule has 23 heavy (non-hydrogen) atoms. The number of rotatable bonds is 6. The molecule has 2 aromatic rings. The van der Waals surface area contributed by atoms with E-state index in [9.17, 15) is 4.79 Å². The minimum absolute atomic E-state index is 0.215. The predicted octanol–water partition coefficient (Wildman–Crippen LogP) is 5.20. The van der Waals surface area contributed by atoms with E-state index in [0.29, 0.717) is 10.6 Å². The van der Waals surface area contributed by atoms with Crippen LogP contribution in [0.1, 0.15) is 29.8 Å². The van der Waals surface area contributed by atoms with Crippen molar-refractivity contribution in [3.8, 4) is 0 Å². The van der Waals surface area contributed by atoms with E-state index in [1.54, 1.807) is 18.2 Å². The summed E-state index contributed by atoms with van der Waals surface area (Å²) >= 11 is 9.44. The summed E-state index contributed by atoms with van der Waals surface area (Å²) in [6.07, 6.45) is 0. The van der Waals surface area contributed by atoms with Crippen LogP contribution in [0.4, 0.5) is 5.69 Å². The normalized spacial score (nSPS) is 10.8. The van der Waals surface area contributed by atoms with Gasteiger partial charge in [-0.2, -0.15) is 0 Å². The largest absolute Gasteiger partial charge is 0.322 e. The minimum Gasteiger partial charge on any atom is -0.322 e. The predicted molar refractivity (Wildman–Crippen MR) is 100 cm³/mol. The van der Waals surface area contributed by atoms with Gasteiger partial charge < -0.3 is 5.32 Å². The third-order valence-electron chi connectivity index (χ3n) is 3.69. The monoisotopic (exact) mass is 394 g/mol. The first-order chi connectivity index (χ1) is 11.0. The molecule has 2 aromatic carbocycles. The van der Waals surface area contributed by atoms with Crippen molar-refractivity contribution in [1.29, 1.82) is 0 Å². The van der Waals surface area contributed by atoms with Crippen molar-refractivity contribution in [3.63, 3.8) is 0 Å². The lowest BCUT2D eigenvalue weighted by molar-refractivity contribution is 0.102. The highest BCUT2D eigenvalue weighted by Crippen LogP contribution is 2.22. The second-order valence-electron chi connectivity index (χ2n) is 5.24. The number of halogens is 2. The van der Waals surface area contributed by atoms with E-state index in [1.807, 2.05) is 24.3 Å². The van der Waals surface area contributed by atoms with Crippen LogP contribution < -0.4 is 5.32 Å². The molecule has 0 aliphatic carbocycles. The highest BCUT2D eigenvalue weighted by Gasteiger charge is 2.11. The average Bonchev–Trinajstić information content (AvgIpc) is 2.56. The summed E-state index contributed by atoms with van der Waals surface area (Å²) in [6, 6.07) is 13.1. The fourth-order valence-corrected chi connectivity index (χ4v) is 2.83. The molecule has 0 radical (unpaired) electrons. The first-order valence-electron chi connectivity index (χ1n) is 7.61. The molecule has 0 fully saturated rings. The summed E-state index contributed by atoms with van der Waals surface area (Å²) in [7, 11) is 0. The van der Waals surface area contributed by atoms with Gasteiger partial charge in [0.25, 0.3) is 5.91 Å². The Labute approximate surface area is 150 Å². The van der Waals surface area contributed by atoms with Gasteiger partial charge in [-0.05, 0) is 49.0 Å². The first kappa shape index (κ1) is 18.0. The number of carbonyl (C=O) groups excluding carboxylic acids is 1. The summed E-state index contributed by atoms with van der Waals surface area (Å²) in [5, 5.41) is 3.31. The molecule has 0 aliphatic heterocycles. The van der Waals surface area contributed by atoms with Crippen molar-refractivity contribution in [3.05, 3.63) is 63.1 Å². The van der Waals surface area contributed by atoms with Crippen molar-refractivity contribution in [1.82, 2.24) is 4.90 Å². The summed E-state index contributed by atoms with van der Waals surface area (Å²) < 4.78 is 0.821. The Morgan fingerprint density at radius 3 is 2.39 bits per heavy atom. The van der Waals surface area contributed by atoms with Crippen molar-refractivity contribution < 1.29 is 4.79 Å². The Morgan fingerprint density at radius 2 is 1.78 bits per heavy atom. The number of nitrogens with one attached hydrogen (secondary N) is 1. The molecule has 0 saturated carbocycles. The number of amides is 1. The van der Waals surface area contributed by atoms with Crippen LogP contribution in [0.5, 0.6) is 0 Å². The first-order valence-corrected chi connectivity index (χ1v) is 8.78. The number of anilines is 1. The van der Waals surface area contributed by atoms with E-state index < -0.39 is 0 Å². The molecule has 0 heterocycles. The minimum atomic E-state index is -0.215. The van der Waals surface area contributed by atoms with Crippen molar-refractivity contribution in [2.75, 3.05) is 18.4 Å². The fourth-order valence-electron chi connectivity index (χ4n) is 2.27. The van der Waals surface area contributed by atoms with Crippen LogP contribution in [-0.4, -0.2) is 23.9 Å². The van der Waals surface area contributed by atoms with Crippen LogP contribution in [0.3, 0.4) is 0 Å². The van der Waals surface area contributed by atoms with Crippen molar-refractivity contribution in [2.24, 2.45) is 0 Å². The Balaban J connectivity index is 2.06. The van der Waals surface area contributed by atoms with E-state index in [-0.39, 0.29) is 5.91 Å². The summed E-state index contributed by atoms with van der Waals surface area (Å²) in [4.78, 5) is 14.7. The van der Waals surface area contributed by atoms with E-state index >= 15 is 0 Å². The molecule has 122 valence electrons. The van der Waals surface area contributed by atoms with Gasteiger partial charge >= 0.3 is 0 Å². The molecular formula is C18H20BrClN2O. The second kappa shape index (κ2) is 8.48. The van der Waals surface area contributed by atoms with E-state index in [1.165, 1.54) is 5.56 Å². The molecule has 0 bridgehead atoms. The number of nitrogens with zero attached hydrogens (tertiary/aromatic N) is 1. The smallest absolute Gasteiger partial charge is 0.257 e. The molecule has 0 saturated heterocycles.